The molecule has 0 aliphatic heterocycles. The van der Waals surface area contributed by atoms with E-state index in [1.54, 1.807) is 11.6 Å². The van der Waals surface area contributed by atoms with Gasteiger partial charge in [-0.25, -0.2) is 4.98 Å². The van der Waals surface area contributed by atoms with Gasteiger partial charge >= 0.3 is 0 Å². The van der Waals surface area contributed by atoms with E-state index < -0.39 is 0 Å². The Morgan fingerprint density at radius 3 is 2.81 bits per heavy atom. The summed E-state index contributed by atoms with van der Waals surface area (Å²) < 4.78 is 3.93. The largest absolute Gasteiger partial charge is 0.326 e. The first kappa shape index (κ1) is 17.6. The number of carbonyl (C=O) groups is 2. The molecule has 2 amide bonds. The topological polar surface area (TPSA) is 76.3 Å². The lowest BCUT2D eigenvalue weighted by Crippen LogP contribution is -2.15. The Morgan fingerprint density at radius 1 is 1.19 bits per heavy atom. The highest BCUT2D eigenvalue weighted by Gasteiger charge is 2.10. The number of aryl methyl sites for hydroxylation is 1. The van der Waals surface area contributed by atoms with Gasteiger partial charge in [0.2, 0.25) is 5.91 Å². The van der Waals surface area contributed by atoms with Crippen LogP contribution in [-0.4, -0.2) is 21.4 Å². The molecule has 2 heterocycles. The molecule has 4 rings (SSSR count). The van der Waals surface area contributed by atoms with Crippen molar-refractivity contribution in [2.24, 2.45) is 4.99 Å². The van der Waals surface area contributed by atoms with Gasteiger partial charge in [-0.2, -0.15) is 4.99 Å². The van der Waals surface area contributed by atoms with Gasteiger partial charge in [-0.15, -0.1) is 11.3 Å². The fourth-order valence-electron chi connectivity index (χ4n) is 2.88. The van der Waals surface area contributed by atoms with E-state index in [4.69, 9.17) is 0 Å². The molecule has 0 aliphatic carbocycles. The van der Waals surface area contributed by atoms with Gasteiger partial charge < -0.3 is 9.88 Å². The second-order valence-electron chi connectivity index (χ2n) is 5.94. The Hall–Kier alpha value is -2.84. The molecule has 0 spiro atoms. The van der Waals surface area contributed by atoms with Crippen LogP contribution in [0.15, 0.2) is 46.9 Å². The summed E-state index contributed by atoms with van der Waals surface area (Å²) >= 11 is 2.93. The van der Waals surface area contributed by atoms with Crippen LogP contribution in [-0.2, 0) is 11.3 Å². The molecule has 27 heavy (non-hydrogen) atoms. The SMILES string of the molecule is CCn1c(=NC(=O)c2ccc3ncsc3c2)sc2cc(NC(C)=O)ccc21. The maximum Gasteiger partial charge on any atom is 0.279 e. The summed E-state index contributed by atoms with van der Waals surface area (Å²) in [4.78, 5) is 33.2. The summed E-state index contributed by atoms with van der Waals surface area (Å²) in [7, 11) is 0. The third-order valence-corrected chi connectivity index (χ3v) is 5.93. The Kier molecular flexibility index (Phi) is 4.59. The van der Waals surface area contributed by atoms with Gasteiger partial charge in [-0.3, -0.25) is 9.59 Å². The Labute approximate surface area is 162 Å². The number of nitrogens with one attached hydrogen (secondary N) is 1. The van der Waals surface area contributed by atoms with Gasteiger partial charge in [0.25, 0.3) is 5.91 Å². The average molecular weight is 396 g/mol. The zero-order valence-electron chi connectivity index (χ0n) is 14.7. The summed E-state index contributed by atoms with van der Waals surface area (Å²) in [5.41, 5.74) is 4.91. The number of hydrogen-bond donors (Lipinski definition) is 1. The van der Waals surface area contributed by atoms with Crippen molar-refractivity contribution in [1.29, 1.82) is 0 Å². The molecule has 0 aliphatic rings. The van der Waals surface area contributed by atoms with Crippen LogP contribution < -0.4 is 10.1 Å². The van der Waals surface area contributed by atoms with Crippen molar-refractivity contribution in [1.82, 2.24) is 9.55 Å². The third-order valence-electron chi connectivity index (χ3n) is 4.09. The van der Waals surface area contributed by atoms with E-state index in [9.17, 15) is 9.59 Å². The second kappa shape index (κ2) is 7.05. The Bertz CT molecular complexity index is 1250. The summed E-state index contributed by atoms with van der Waals surface area (Å²) in [6, 6.07) is 11.1. The van der Waals surface area contributed by atoms with E-state index in [0.29, 0.717) is 16.9 Å². The first-order valence-corrected chi connectivity index (χ1v) is 10.1. The van der Waals surface area contributed by atoms with Gasteiger partial charge in [0.15, 0.2) is 4.80 Å². The highest BCUT2D eigenvalue weighted by Crippen LogP contribution is 2.23. The molecule has 6 nitrogen and oxygen atoms in total. The number of anilines is 1. The molecule has 4 aromatic rings. The monoisotopic (exact) mass is 396 g/mol. The minimum atomic E-state index is -0.277. The predicted octanol–water partition coefficient (Wildman–Crippen LogP) is 4.03. The lowest BCUT2D eigenvalue weighted by atomic mass is 10.2. The van der Waals surface area contributed by atoms with Crippen molar-refractivity contribution in [2.45, 2.75) is 20.4 Å². The molecule has 2 aromatic heterocycles. The van der Waals surface area contributed by atoms with Gasteiger partial charge in [0.1, 0.15) is 0 Å². The normalized spacial score (nSPS) is 12.0. The molecule has 136 valence electrons. The van der Waals surface area contributed by atoms with Crippen LogP contribution in [0.1, 0.15) is 24.2 Å². The molecule has 0 fully saturated rings. The predicted molar refractivity (Wildman–Crippen MR) is 109 cm³/mol. The Morgan fingerprint density at radius 2 is 2.04 bits per heavy atom. The van der Waals surface area contributed by atoms with Crippen LogP contribution in [0.4, 0.5) is 5.69 Å². The van der Waals surface area contributed by atoms with Gasteiger partial charge in [-0.05, 0) is 43.3 Å². The van der Waals surface area contributed by atoms with Crippen LogP contribution in [0.3, 0.4) is 0 Å². The smallest absolute Gasteiger partial charge is 0.279 e. The zero-order valence-corrected chi connectivity index (χ0v) is 16.4. The zero-order chi connectivity index (χ0) is 19.0. The van der Waals surface area contributed by atoms with Gasteiger partial charge in [0, 0.05) is 24.7 Å². The molecule has 0 bridgehead atoms. The summed E-state index contributed by atoms with van der Waals surface area (Å²) in [6.45, 7) is 4.18. The van der Waals surface area contributed by atoms with E-state index in [2.05, 4.69) is 15.3 Å². The van der Waals surface area contributed by atoms with Crippen molar-refractivity contribution >= 4 is 60.6 Å². The van der Waals surface area contributed by atoms with Crippen LogP contribution >= 0.6 is 22.7 Å². The molecular formula is C19H16N4O2S2. The average Bonchev–Trinajstić information content (AvgIpc) is 3.23. The van der Waals surface area contributed by atoms with Crippen LogP contribution in [0.2, 0.25) is 0 Å². The standard InChI is InChI=1S/C19H16N4O2S2/c1-3-23-15-7-5-13(21-11(2)24)9-17(15)27-19(23)22-18(25)12-4-6-14-16(8-12)26-10-20-14/h4-10H,3H2,1-2H3,(H,21,24). The lowest BCUT2D eigenvalue weighted by molar-refractivity contribution is -0.114. The second-order valence-corrected chi connectivity index (χ2v) is 7.84. The number of thiazole rings is 2. The maximum absolute atomic E-state index is 12.7. The maximum atomic E-state index is 12.7. The van der Waals surface area contributed by atoms with Gasteiger partial charge in [0.05, 0.1) is 25.9 Å². The number of amides is 2. The minimum absolute atomic E-state index is 0.118. The van der Waals surface area contributed by atoms with E-state index in [0.717, 1.165) is 26.1 Å². The molecular weight excluding hydrogens is 380 g/mol. The van der Waals surface area contributed by atoms with Crippen molar-refractivity contribution in [2.75, 3.05) is 5.32 Å². The van der Waals surface area contributed by atoms with Crippen molar-refractivity contribution in [3.63, 3.8) is 0 Å². The number of carbonyl (C=O) groups excluding carboxylic acids is 2. The molecule has 0 unspecified atom stereocenters. The first-order valence-electron chi connectivity index (χ1n) is 8.38. The van der Waals surface area contributed by atoms with Crippen LogP contribution in [0.5, 0.6) is 0 Å². The first-order chi connectivity index (χ1) is 13.0. The summed E-state index contributed by atoms with van der Waals surface area (Å²) in [5, 5.41) is 2.78. The number of fused-ring (bicyclic) bond motifs is 2. The fourth-order valence-corrected chi connectivity index (χ4v) is 4.73. The number of benzene rings is 2. The molecule has 1 N–H and O–H groups in total. The number of nitrogens with zero attached hydrogens (tertiary/aromatic N) is 3. The molecule has 2 aromatic carbocycles. The van der Waals surface area contributed by atoms with E-state index in [-0.39, 0.29) is 11.8 Å². The van der Waals surface area contributed by atoms with Gasteiger partial charge in [-0.1, -0.05) is 11.3 Å². The molecule has 0 radical (unpaired) electrons. The van der Waals surface area contributed by atoms with Crippen LogP contribution in [0, 0.1) is 0 Å². The molecule has 0 atom stereocenters. The third kappa shape index (κ3) is 3.41. The van der Waals surface area contributed by atoms with E-state index >= 15 is 0 Å². The summed E-state index contributed by atoms with van der Waals surface area (Å²) in [6.07, 6.45) is 0. The highest BCUT2D eigenvalue weighted by atomic mass is 32.1. The van der Waals surface area contributed by atoms with Crippen molar-refractivity contribution in [3.8, 4) is 0 Å². The Balaban J connectivity index is 1.78. The number of hydrogen-bond acceptors (Lipinski definition) is 5. The van der Waals surface area contributed by atoms with Crippen molar-refractivity contribution in [3.05, 3.63) is 52.3 Å². The number of aromatic nitrogens is 2. The molecule has 8 heteroatoms. The summed E-state index contributed by atoms with van der Waals surface area (Å²) in [5.74, 6) is -0.394. The van der Waals surface area contributed by atoms with E-state index in [1.165, 1.54) is 29.6 Å². The number of rotatable bonds is 3. The van der Waals surface area contributed by atoms with E-state index in [1.807, 2.05) is 41.8 Å². The molecule has 0 saturated carbocycles. The lowest BCUT2D eigenvalue weighted by Gasteiger charge is -2.03. The van der Waals surface area contributed by atoms with Crippen molar-refractivity contribution < 1.29 is 9.59 Å². The molecule has 0 saturated heterocycles. The highest BCUT2D eigenvalue weighted by molar-refractivity contribution is 7.17. The minimum Gasteiger partial charge on any atom is -0.326 e. The van der Waals surface area contributed by atoms with Crippen LogP contribution in [0.25, 0.3) is 20.4 Å². The fraction of sp³-hybridized carbons (Fsp3) is 0.158. The quantitative estimate of drug-likeness (QED) is 0.568.